The van der Waals surface area contributed by atoms with Gasteiger partial charge in [-0.05, 0) is 42.0 Å². The Morgan fingerprint density at radius 2 is 1.83 bits per heavy atom. The molecule has 0 bridgehead atoms. The van der Waals surface area contributed by atoms with Crippen LogP contribution in [-0.4, -0.2) is 45.6 Å². The molecule has 0 radical (unpaired) electrons. The minimum absolute atomic E-state index is 0.0212. The van der Waals surface area contributed by atoms with Gasteiger partial charge in [-0.1, -0.05) is 24.8 Å². The number of piperazine rings is 1. The van der Waals surface area contributed by atoms with Crippen molar-refractivity contribution in [2.24, 2.45) is 7.05 Å². The average molecular weight is 480 g/mol. The first-order chi connectivity index (χ1) is 17.5. The topological polar surface area (TPSA) is 82.4 Å². The second-order valence-corrected chi connectivity index (χ2v) is 8.58. The predicted molar refractivity (Wildman–Crippen MR) is 134 cm³/mol. The molecule has 1 fully saturated rings. The van der Waals surface area contributed by atoms with Crippen molar-refractivity contribution >= 4 is 22.5 Å². The zero-order chi connectivity index (χ0) is 25.2. The zero-order valence-corrected chi connectivity index (χ0v) is 19.6. The highest BCUT2D eigenvalue weighted by molar-refractivity contribution is 5.92. The molecule has 0 spiro atoms. The van der Waals surface area contributed by atoms with Crippen LogP contribution in [0.2, 0.25) is 0 Å². The van der Waals surface area contributed by atoms with E-state index in [-0.39, 0.29) is 23.2 Å². The highest BCUT2D eigenvalue weighted by Gasteiger charge is 2.31. The van der Waals surface area contributed by atoms with Gasteiger partial charge < -0.3 is 14.3 Å². The third-order valence-electron chi connectivity index (χ3n) is 6.58. The highest BCUT2D eigenvalue weighted by atomic mass is 19.1. The summed E-state index contributed by atoms with van der Waals surface area (Å²) >= 11 is 0. The number of nitriles is 1. The number of nitrogens with zero attached hydrogens (tertiary/aromatic N) is 7. The van der Waals surface area contributed by atoms with Crippen molar-refractivity contribution in [1.82, 2.24) is 19.4 Å². The largest absolute Gasteiger partial charge is 0.364 e. The van der Waals surface area contributed by atoms with Crippen LogP contribution in [0.3, 0.4) is 0 Å². The summed E-state index contributed by atoms with van der Waals surface area (Å²) in [6, 6.07) is 17.4. The van der Waals surface area contributed by atoms with Crippen LogP contribution in [0.1, 0.15) is 22.9 Å². The molecule has 4 heterocycles. The number of rotatable bonds is 4. The summed E-state index contributed by atoms with van der Waals surface area (Å²) in [4.78, 5) is 29.7. The number of benzene rings is 1. The van der Waals surface area contributed by atoms with Crippen molar-refractivity contribution < 1.29 is 4.39 Å². The molecule has 36 heavy (non-hydrogen) atoms. The number of anilines is 1. The quantitative estimate of drug-likeness (QED) is 0.414. The van der Waals surface area contributed by atoms with Crippen LogP contribution >= 0.6 is 0 Å². The van der Waals surface area contributed by atoms with Gasteiger partial charge >= 0.3 is 0 Å². The van der Waals surface area contributed by atoms with E-state index in [1.54, 1.807) is 37.5 Å². The molecule has 0 N–H and O–H groups in total. The summed E-state index contributed by atoms with van der Waals surface area (Å²) in [7, 11) is 1.60. The number of fused-ring (bicyclic) bond motifs is 1. The van der Waals surface area contributed by atoms with Gasteiger partial charge in [-0.2, -0.15) is 5.26 Å². The first-order valence-corrected chi connectivity index (χ1v) is 11.5. The molecule has 1 aliphatic rings. The van der Waals surface area contributed by atoms with Gasteiger partial charge in [0.25, 0.3) is 11.4 Å². The smallest absolute Gasteiger partial charge is 0.271 e. The fraction of sp³-hybridized carbons (Fsp3) is 0.222. The zero-order valence-electron chi connectivity index (χ0n) is 19.6. The minimum atomic E-state index is -0.391. The van der Waals surface area contributed by atoms with Crippen molar-refractivity contribution in [1.29, 1.82) is 5.26 Å². The lowest BCUT2D eigenvalue weighted by molar-refractivity contribution is 0.209. The molecule has 0 aliphatic carbocycles. The van der Waals surface area contributed by atoms with Crippen molar-refractivity contribution in [2.75, 3.05) is 31.1 Å². The molecular formula is C27H22FN7O. The van der Waals surface area contributed by atoms with Crippen LogP contribution in [0.25, 0.3) is 15.9 Å². The summed E-state index contributed by atoms with van der Waals surface area (Å²) in [5.41, 5.74) is 2.93. The third-order valence-corrected chi connectivity index (χ3v) is 6.58. The number of aryl methyl sites for hydroxylation is 1. The van der Waals surface area contributed by atoms with Gasteiger partial charge in [-0.25, -0.2) is 4.39 Å². The maximum absolute atomic E-state index is 13.6. The Kier molecular flexibility index (Phi) is 6.16. The van der Waals surface area contributed by atoms with Gasteiger partial charge in [-0.3, -0.25) is 14.7 Å². The monoisotopic (exact) mass is 479 g/mol. The lowest BCUT2D eigenvalue weighted by Crippen LogP contribution is -2.48. The van der Waals surface area contributed by atoms with Crippen molar-refractivity contribution in [2.45, 2.75) is 6.04 Å². The van der Waals surface area contributed by atoms with Gasteiger partial charge in [0.2, 0.25) is 5.52 Å². The summed E-state index contributed by atoms with van der Waals surface area (Å²) < 4.78 is 15.0. The molecule has 0 amide bonds. The summed E-state index contributed by atoms with van der Waals surface area (Å²) in [6.07, 6.45) is 1.74. The molecule has 5 rings (SSSR count). The van der Waals surface area contributed by atoms with Crippen molar-refractivity contribution in [3.63, 3.8) is 0 Å². The molecule has 1 aliphatic heterocycles. The maximum atomic E-state index is 13.6. The molecule has 1 unspecified atom stereocenters. The molecule has 178 valence electrons. The molecule has 8 nitrogen and oxygen atoms in total. The van der Waals surface area contributed by atoms with Crippen LogP contribution in [0.5, 0.6) is 0 Å². The second kappa shape index (κ2) is 9.57. The third kappa shape index (κ3) is 4.06. The highest BCUT2D eigenvalue weighted by Crippen LogP contribution is 2.33. The summed E-state index contributed by atoms with van der Waals surface area (Å²) in [5.74, 6) is -0.0901. The molecule has 9 heteroatoms. The Morgan fingerprint density at radius 1 is 1.08 bits per heavy atom. The Balaban J connectivity index is 1.52. The summed E-state index contributed by atoms with van der Waals surface area (Å²) in [6.45, 7) is 9.65. The van der Waals surface area contributed by atoms with Crippen molar-refractivity contribution in [3.05, 3.63) is 105 Å². The maximum Gasteiger partial charge on any atom is 0.271 e. The van der Waals surface area contributed by atoms with Gasteiger partial charge in [0.1, 0.15) is 23.1 Å². The van der Waals surface area contributed by atoms with E-state index in [2.05, 4.69) is 25.8 Å². The Labute approximate surface area is 207 Å². The molecule has 1 atom stereocenters. The number of hydrogen-bond acceptors (Lipinski definition) is 6. The van der Waals surface area contributed by atoms with E-state index in [1.807, 2.05) is 23.1 Å². The number of aromatic nitrogens is 3. The van der Waals surface area contributed by atoms with E-state index >= 15 is 0 Å². The van der Waals surface area contributed by atoms with E-state index in [0.29, 0.717) is 42.9 Å². The number of pyridine rings is 3. The second-order valence-electron chi connectivity index (χ2n) is 8.58. The molecule has 0 saturated carbocycles. The fourth-order valence-corrected chi connectivity index (χ4v) is 4.81. The Bertz CT molecular complexity index is 1560. The van der Waals surface area contributed by atoms with E-state index in [4.69, 9.17) is 6.57 Å². The van der Waals surface area contributed by atoms with Crippen LogP contribution in [0.4, 0.5) is 15.9 Å². The minimum Gasteiger partial charge on any atom is -0.364 e. The van der Waals surface area contributed by atoms with E-state index in [1.165, 1.54) is 16.7 Å². The molecule has 1 saturated heterocycles. The first-order valence-electron chi connectivity index (χ1n) is 11.5. The first kappa shape index (κ1) is 23.2. The summed E-state index contributed by atoms with van der Waals surface area (Å²) in [5, 5.41) is 9.87. The Hall–Kier alpha value is -4.60. The lowest BCUT2D eigenvalue weighted by atomic mass is 10.00. The van der Waals surface area contributed by atoms with E-state index in [9.17, 15) is 14.4 Å². The fourth-order valence-electron chi connectivity index (χ4n) is 4.81. The molecule has 4 aromatic rings. The standard InChI is InChI=1S/C27H22FN7O/c1-30-23-11-10-22-24(32-23)26(20(17-29)27(36)33(22)2)35-15-13-34(14-16-35)25(21-5-3-4-12-31-21)18-6-8-19(28)9-7-18/h3-12,25H,13-16H2,2H3. The predicted octanol–water partition coefficient (Wildman–Crippen LogP) is 3.80. The SMILES string of the molecule is [C-]#[N+]c1ccc2c(n1)c(N1CCN(C(c3ccc(F)cc3)c3ccccn3)CC1)c(C#N)c(=O)n2C. The van der Waals surface area contributed by atoms with Gasteiger partial charge in [-0.15, -0.1) is 4.98 Å². The van der Waals surface area contributed by atoms with Crippen LogP contribution in [-0.2, 0) is 7.05 Å². The Morgan fingerprint density at radius 3 is 2.47 bits per heavy atom. The normalized spacial score (nSPS) is 14.8. The molecule has 3 aromatic heterocycles. The molecule has 1 aromatic carbocycles. The number of halogens is 1. The van der Waals surface area contributed by atoms with Gasteiger partial charge in [0.05, 0.1) is 17.3 Å². The lowest BCUT2D eigenvalue weighted by Gasteiger charge is -2.40. The van der Waals surface area contributed by atoms with Gasteiger partial charge in [0, 0.05) is 39.4 Å². The van der Waals surface area contributed by atoms with Gasteiger partial charge in [0.15, 0.2) is 0 Å². The van der Waals surface area contributed by atoms with Crippen LogP contribution in [0.15, 0.2) is 65.6 Å². The van der Waals surface area contributed by atoms with Crippen LogP contribution in [0, 0.1) is 23.7 Å². The van der Waals surface area contributed by atoms with E-state index < -0.39 is 5.56 Å². The number of hydrogen-bond donors (Lipinski definition) is 0. The van der Waals surface area contributed by atoms with Crippen LogP contribution < -0.4 is 10.5 Å². The van der Waals surface area contributed by atoms with Crippen molar-refractivity contribution in [3.8, 4) is 6.07 Å². The van der Waals surface area contributed by atoms with E-state index in [0.717, 1.165) is 11.3 Å². The average Bonchev–Trinajstić information content (AvgIpc) is 2.92. The molecular weight excluding hydrogens is 457 g/mol.